The molecule has 228 valence electrons. The molecule has 1 unspecified atom stereocenters. The standard InChI is InChI=1S/C29H54N2O7S/c1-4-6-7-8-9-10-11-12-13-14-15-16-17-19-27(34)38-20-21-39-23-25(30-26(33)18-5-2)28(35)31-24(22-32)29(36)37-3/h24-25,32H,4-23H2,1-3H3,(H,30,33)(H,31,35)/t24?,25-/m0/s1. The van der Waals surface area contributed by atoms with Crippen molar-refractivity contribution in [3.63, 3.8) is 0 Å². The average Bonchev–Trinajstić information content (AvgIpc) is 2.92. The van der Waals surface area contributed by atoms with E-state index in [1.165, 1.54) is 76.0 Å². The molecule has 2 atom stereocenters. The smallest absolute Gasteiger partial charge is 0.330 e. The zero-order chi connectivity index (χ0) is 29.1. The van der Waals surface area contributed by atoms with Crippen LogP contribution in [0.3, 0.4) is 0 Å². The van der Waals surface area contributed by atoms with E-state index in [1.807, 2.05) is 6.92 Å². The number of nitrogens with one attached hydrogen (secondary N) is 2. The number of aliphatic hydroxyl groups is 1. The lowest BCUT2D eigenvalue weighted by atomic mass is 10.0. The van der Waals surface area contributed by atoms with Crippen molar-refractivity contribution in [3.8, 4) is 0 Å². The van der Waals surface area contributed by atoms with E-state index in [0.29, 0.717) is 18.6 Å². The number of methoxy groups -OCH3 is 1. The molecule has 0 aromatic rings. The zero-order valence-electron chi connectivity index (χ0n) is 24.6. The first-order chi connectivity index (χ1) is 18.9. The van der Waals surface area contributed by atoms with Crippen molar-refractivity contribution in [2.45, 2.75) is 129 Å². The Morgan fingerprint density at radius 2 is 1.31 bits per heavy atom. The van der Waals surface area contributed by atoms with Gasteiger partial charge in [-0.1, -0.05) is 90.9 Å². The molecule has 0 aromatic carbocycles. The Labute approximate surface area is 240 Å². The molecule has 10 heteroatoms. The van der Waals surface area contributed by atoms with Gasteiger partial charge in [-0.3, -0.25) is 14.4 Å². The van der Waals surface area contributed by atoms with Gasteiger partial charge in [-0.15, -0.1) is 0 Å². The Bertz CT molecular complexity index is 664. The summed E-state index contributed by atoms with van der Waals surface area (Å²) in [6.07, 6.45) is 17.6. The summed E-state index contributed by atoms with van der Waals surface area (Å²) < 4.78 is 9.86. The monoisotopic (exact) mass is 574 g/mol. The molecule has 0 rings (SSSR count). The van der Waals surface area contributed by atoms with Crippen molar-refractivity contribution in [3.05, 3.63) is 0 Å². The quantitative estimate of drug-likeness (QED) is 0.100. The van der Waals surface area contributed by atoms with Crippen LogP contribution in [0.15, 0.2) is 0 Å². The molecular weight excluding hydrogens is 520 g/mol. The molecule has 0 saturated carbocycles. The molecule has 0 aliphatic carbocycles. The van der Waals surface area contributed by atoms with E-state index in [9.17, 15) is 24.3 Å². The molecule has 9 nitrogen and oxygen atoms in total. The number of hydrogen-bond acceptors (Lipinski definition) is 8. The van der Waals surface area contributed by atoms with Crippen LogP contribution in [0, 0.1) is 0 Å². The fraction of sp³-hybridized carbons (Fsp3) is 0.862. The molecular formula is C29H54N2O7S. The Balaban J connectivity index is 4.02. The summed E-state index contributed by atoms with van der Waals surface area (Å²) in [4.78, 5) is 48.3. The van der Waals surface area contributed by atoms with Crippen molar-refractivity contribution < 1.29 is 33.8 Å². The van der Waals surface area contributed by atoms with E-state index < -0.39 is 30.6 Å². The third-order valence-corrected chi connectivity index (χ3v) is 7.40. The molecule has 0 aliphatic heterocycles. The molecule has 3 N–H and O–H groups in total. The maximum atomic E-state index is 12.6. The van der Waals surface area contributed by atoms with Crippen LogP contribution in [0.2, 0.25) is 0 Å². The molecule has 2 amide bonds. The van der Waals surface area contributed by atoms with Crippen molar-refractivity contribution in [2.75, 3.05) is 31.8 Å². The second-order valence-electron chi connectivity index (χ2n) is 9.93. The lowest BCUT2D eigenvalue weighted by Gasteiger charge is -2.21. The van der Waals surface area contributed by atoms with Crippen LogP contribution in [-0.4, -0.2) is 72.8 Å². The minimum Gasteiger partial charge on any atom is -0.467 e. The molecule has 39 heavy (non-hydrogen) atoms. The molecule has 0 heterocycles. The van der Waals surface area contributed by atoms with Gasteiger partial charge in [0, 0.05) is 24.3 Å². The van der Waals surface area contributed by atoms with Crippen LogP contribution in [0.25, 0.3) is 0 Å². The van der Waals surface area contributed by atoms with Crippen molar-refractivity contribution in [1.82, 2.24) is 10.6 Å². The van der Waals surface area contributed by atoms with Crippen molar-refractivity contribution >= 4 is 35.5 Å². The van der Waals surface area contributed by atoms with E-state index in [4.69, 9.17) is 4.74 Å². The fourth-order valence-electron chi connectivity index (χ4n) is 4.05. The van der Waals surface area contributed by atoms with Crippen LogP contribution in [0.4, 0.5) is 0 Å². The fourth-order valence-corrected chi connectivity index (χ4v) is 4.88. The maximum absolute atomic E-state index is 12.6. The zero-order valence-corrected chi connectivity index (χ0v) is 25.4. The molecule has 0 bridgehead atoms. The Kier molecular flexibility index (Phi) is 25.2. The summed E-state index contributed by atoms with van der Waals surface area (Å²) in [6, 6.07) is -2.10. The summed E-state index contributed by atoms with van der Waals surface area (Å²) in [5.41, 5.74) is 0. The first-order valence-electron chi connectivity index (χ1n) is 14.9. The highest BCUT2D eigenvalue weighted by Crippen LogP contribution is 2.13. The van der Waals surface area contributed by atoms with Gasteiger partial charge >= 0.3 is 11.9 Å². The molecule has 0 spiro atoms. The largest absolute Gasteiger partial charge is 0.467 e. The number of carbonyl (C=O) groups excluding carboxylic acids is 4. The first kappa shape index (κ1) is 37.2. The van der Waals surface area contributed by atoms with E-state index in [2.05, 4.69) is 22.3 Å². The van der Waals surface area contributed by atoms with Crippen molar-refractivity contribution in [2.24, 2.45) is 0 Å². The number of hydrogen-bond donors (Lipinski definition) is 3. The Hall–Kier alpha value is -1.81. The number of ether oxygens (including phenoxy) is 2. The minimum absolute atomic E-state index is 0.215. The van der Waals surface area contributed by atoms with Gasteiger partial charge in [0.1, 0.15) is 12.6 Å². The molecule has 0 aromatic heterocycles. The Morgan fingerprint density at radius 3 is 1.82 bits per heavy atom. The van der Waals surface area contributed by atoms with E-state index in [-0.39, 0.29) is 30.7 Å². The number of rotatable bonds is 26. The van der Waals surface area contributed by atoms with Gasteiger partial charge in [-0.05, 0) is 12.8 Å². The molecule has 0 fully saturated rings. The minimum atomic E-state index is -1.20. The normalized spacial score (nSPS) is 12.4. The van der Waals surface area contributed by atoms with Crippen LogP contribution < -0.4 is 10.6 Å². The number of esters is 2. The highest BCUT2D eigenvalue weighted by Gasteiger charge is 2.26. The van der Waals surface area contributed by atoms with Gasteiger partial charge in [-0.25, -0.2) is 4.79 Å². The second-order valence-corrected chi connectivity index (χ2v) is 11.1. The summed E-state index contributed by atoms with van der Waals surface area (Å²) in [7, 11) is 1.16. The van der Waals surface area contributed by atoms with Crippen LogP contribution in [0.5, 0.6) is 0 Å². The second kappa shape index (κ2) is 26.4. The molecule has 0 saturated heterocycles. The van der Waals surface area contributed by atoms with Crippen molar-refractivity contribution in [1.29, 1.82) is 0 Å². The lowest BCUT2D eigenvalue weighted by Crippen LogP contribution is -2.54. The number of unbranched alkanes of at least 4 members (excludes halogenated alkanes) is 12. The highest BCUT2D eigenvalue weighted by molar-refractivity contribution is 7.99. The van der Waals surface area contributed by atoms with Gasteiger partial charge in [0.15, 0.2) is 6.04 Å². The predicted octanol–water partition coefficient (Wildman–Crippen LogP) is 4.68. The first-order valence-corrected chi connectivity index (χ1v) is 16.1. The van der Waals surface area contributed by atoms with Crippen LogP contribution >= 0.6 is 11.8 Å². The van der Waals surface area contributed by atoms with Gasteiger partial charge in [0.25, 0.3) is 0 Å². The molecule has 0 radical (unpaired) electrons. The number of carbonyl (C=O) groups is 4. The molecule has 0 aliphatic rings. The van der Waals surface area contributed by atoms with Gasteiger partial charge in [0.2, 0.25) is 11.8 Å². The maximum Gasteiger partial charge on any atom is 0.330 e. The third kappa shape index (κ3) is 21.7. The van der Waals surface area contributed by atoms with Crippen LogP contribution in [0.1, 0.15) is 117 Å². The Morgan fingerprint density at radius 1 is 0.744 bits per heavy atom. The summed E-state index contributed by atoms with van der Waals surface area (Å²) >= 11 is 1.36. The van der Waals surface area contributed by atoms with Gasteiger partial charge in [-0.2, -0.15) is 11.8 Å². The third-order valence-electron chi connectivity index (χ3n) is 6.37. The number of amides is 2. The number of aliphatic hydroxyl groups excluding tert-OH is 1. The summed E-state index contributed by atoms with van der Waals surface area (Å²) in [5, 5.41) is 14.4. The summed E-state index contributed by atoms with van der Waals surface area (Å²) in [6.45, 7) is 3.71. The van der Waals surface area contributed by atoms with Crippen LogP contribution in [-0.2, 0) is 28.7 Å². The summed E-state index contributed by atoms with van der Waals surface area (Å²) in [5.74, 6) is -1.15. The predicted molar refractivity (Wildman–Crippen MR) is 156 cm³/mol. The van der Waals surface area contributed by atoms with E-state index in [0.717, 1.165) is 26.4 Å². The van der Waals surface area contributed by atoms with Gasteiger partial charge in [0.05, 0.1) is 13.7 Å². The lowest BCUT2D eigenvalue weighted by molar-refractivity contribution is -0.146. The van der Waals surface area contributed by atoms with E-state index in [1.54, 1.807) is 0 Å². The topological polar surface area (TPSA) is 131 Å². The number of thioether (sulfide) groups is 1. The average molecular weight is 575 g/mol. The SMILES string of the molecule is CCCCCCCCCCCCCCCC(=O)OCCSC[C@H](NC(=O)CCC)C(=O)NC(CO)C(=O)OC. The highest BCUT2D eigenvalue weighted by atomic mass is 32.2. The van der Waals surface area contributed by atoms with E-state index >= 15 is 0 Å². The van der Waals surface area contributed by atoms with Gasteiger partial charge < -0.3 is 25.2 Å².